The van der Waals surface area contributed by atoms with Gasteiger partial charge in [0.25, 0.3) is 0 Å². The van der Waals surface area contributed by atoms with Crippen LogP contribution in [0.4, 0.5) is 5.13 Å². The van der Waals surface area contributed by atoms with Gasteiger partial charge in [0.2, 0.25) is 5.91 Å². The summed E-state index contributed by atoms with van der Waals surface area (Å²) < 4.78 is 0. The summed E-state index contributed by atoms with van der Waals surface area (Å²) in [6.45, 7) is 0. The highest BCUT2D eigenvalue weighted by molar-refractivity contribution is 7.14. The Labute approximate surface area is 129 Å². The summed E-state index contributed by atoms with van der Waals surface area (Å²) in [6, 6.07) is 7.70. The van der Waals surface area contributed by atoms with Crippen molar-refractivity contribution in [3.63, 3.8) is 0 Å². The van der Waals surface area contributed by atoms with E-state index in [1.807, 2.05) is 35.0 Å². The van der Waals surface area contributed by atoms with Gasteiger partial charge in [-0.1, -0.05) is 6.07 Å². The van der Waals surface area contributed by atoms with Gasteiger partial charge < -0.3 is 0 Å². The number of anilines is 1. The van der Waals surface area contributed by atoms with E-state index in [2.05, 4.69) is 15.3 Å². The lowest BCUT2D eigenvalue weighted by Crippen LogP contribution is -2.07. The molecule has 0 bridgehead atoms. The number of thiazole rings is 1. The van der Waals surface area contributed by atoms with E-state index in [-0.39, 0.29) is 5.91 Å². The van der Waals surface area contributed by atoms with Crippen molar-refractivity contribution >= 4 is 39.8 Å². The second kappa shape index (κ2) is 6.43. The van der Waals surface area contributed by atoms with Gasteiger partial charge in [0, 0.05) is 34.3 Å². The van der Waals surface area contributed by atoms with Crippen molar-refractivity contribution in [1.82, 2.24) is 9.97 Å². The number of carbonyl (C=O) groups excluding carboxylic acids is 1. The molecule has 0 saturated carbocycles. The Balaban J connectivity index is 1.66. The lowest BCUT2D eigenvalue weighted by molar-refractivity contribution is -0.111. The number of nitrogens with zero attached hydrogens (tertiary/aromatic N) is 2. The molecule has 0 fully saturated rings. The summed E-state index contributed by atoms with van der Waals surface area (Å²) >= 11 is 2.98. The van der Waals surface area contributed by atoms with Crippen LogP contribution in [0.3, 0.4) is 0 Å². The third-order valence-electron chi connectivity index (χ3n) is 2.63. The van der Waals surface area contributed by atoms with E-state index < -0.39 is 0 Å². The summed E-state index contributed by atoms with van der Waals surface area (Å²) in [4.78, 5) is 21.3. The average molecular weight is 313 g/mol. The van der Waals surface area contributed by atoms with Gasteiger partial charge in [-0.05, 0) is 29.7 Å². The molecule has 0 aliphatic heterocycles. The predicted octanol–water partition coefficient (Wildman–Crippen LogP) is 3.92. The summed E-state index contributed by atoms with van der Waals surface area (Å²) in [6.07, 6.45) is 6.76. The zero-order valence-corrected chi connectivity index (χ0v) is 12.5. The van der Waals surface area contributed by atoms with Gasteiger partial charge in [0.15, 0.2) is 5.13 Å². The van der Waals surface area contributed by atoms with Crippen LogP contribution in [0, 0.1) is 0 Å². The van der Waals surface area contributed by atoms with Crippen LogP contribution in [0.1, 0.15) is 4.88 Å². The number of aromatic nitrogens is 2. The van der Waals surface area contributed by atoms with Crippen molar-refractivity contribution in [2.75, 3.05) is 5.32 Å². The third-order valence-corrected chi connectivity index (χ3v) is 4.23. The van der Waals surface area contributed by atoms with Crippen molar-refractivity contribution < 1.29 is 4.79 Å². The van der Waals surface area contributed by atoms with Gasteiger partial charge in [-0.25, -0.2) is 4.98 Å². The van der Waals surface area contributed by atoms with Crippen LogP contribution < -0.4 is 5.32 Å². The molecular formula is C15H11N3OS2. The van der Waals surface area contributed by atoms with E-state index in [1.54, 1.807) is 29.8 Å². The van der Waals surface area contributed by atoms with Gasteiger partial charge in [0.05, 0.1) is 5.69 Å². The van der Waals surface area contributed by atoms with Gasteiger partial charge in [-0.3, -0.25) is 15.1 Å². The number of pyridine rings is 1. The predicted molar refractivity (Wildman–Crippen MR) is 87.3 cm³/mol. The molecular weight excluding hydrogens is 302 g/mol. The third kappa shape index (κ3) is 3.62. The lowest BCUT2D eigenvalue weighted by Gasteiger charge is -1.96. The van der Waals surface area contributed by atoms with Crippen molar-refractivity contribution in [2.45, 2.75) is 0 Å². The summed E-state index contributed by atoms with van der Waals surface area (Å²) in [7, 11) is 0. The Hall–Kier alpha value is -2.31. The van der Waals surface area contributed by atoms with Crippen LogP contribution >= 0.6 is 22.7 Å². The molecule has 0 unspecified atom stereocenters. The molecule has 6 heteroatoms. The number of hydrogen-bond acceptors (Lipinski definition) is 5. The first-order chi connectivity index (χ1) is 10.3. The highest BCUT2D eigenvalue weighted by Crippen LogP contribution is 2.24. The Morgan fingerprint density at radius 3 is 2.95 bits per heavy atom. The fourth-order valence-corrected chi connectivity index (χ4v) is 3.01. The smallest absolute Gasteiger partial charge is 0.250 e. The molecule has 3 aromatic heterocycles. The maximum absolute atomic E-state index is 11.8. The van der Waals surface area contributed by atoms with Gasteiger partial charge in [-0.2, -0.15) is 0 Å². The minimum atomic E-state index is -0.185. The molecule has 1 amide bonds. The second-order valence-electron chi connectivity index (χ2n) is 4.12. The molecule has 3 rings (SSSR count). The topological polar surface area (TPSA) is 54.9 Å². The number of nitrogens with one attached hydrogen (secondary N) is 1. The molecule has 0 aromatic carbocycles. The highest BCUT2D eigenvalue weighted by atomic mass is 32.1. The van der Waals surface area contributed by atoms with E-state index in [9.17, 15) is 4.79 Å². The normalized spacial score (nSPS) is 10.9. The van der Waals surface area contributed by atoms with Crippen LogP contribution in [0.2, 0.25) is 0 Å². The Morgan fingerprint density at radius 1 is 1.24 bits per heavy atom. The van der Waals surface area contributed by atoms with Gasteiger partial charge in [-0.15, -0.1) is 22.7 Å². The van der Waals surface area contributed by atoms with Crippen LogP contribution in [-0.2, 0) is 4.79 Å². The zero-order chi connectivity index (χ0) is 14.5. The SMILES string of the molecule is O=C(C=Cc1cccs1)Nc1nc(-c2cccnc2)cs1. The molecule has 3 aromatic rings. The minimum Gasteiger partial charge on any atom is -0.298 e. The van der Waals surface area contributed by atoms with E-state index in [0.29, 0.717) is 5.13 Å². The van der Waals surface area contributed by atoms with E-state index in [1.165, 1.54) is 17.4 Å². The zero-order valence-electron chi connectivity index (χ0n) is 10.9. The molecule has 0 saturated heterocycles. The summed E-state index contributed by atoms with van der Waals surface area (Å²) in [5.41, 5.74) is 1.74. The van der Waals surface area contributed by atoms with Gasteiger partial charge in [0.1, 0.15) is 0 Å². The Morgan fingerprint density at radius 2 is 2.19 bits per heavy atom. The number of amides is 1. The first kappa shape index (κ1) is 13.7. The molecule has 0 aliphatic carbocycles. The first-order valence-electron chi connectivity index (χ1n) is 6.20. The lowest BCUT2D eigenvalue weighted by atomic mass is 10.2. The molecule has 0 aliphatic rings. The monoisotopic (exact) mass is 313 g/mol. The summed E-state index contributed by atoms with van der Waals surface area (Å²) in [5.74, 6) is -0.185. The first-order valence-corrected chi connectivity index (χ1v) is 7.96. The fraction of sp³-hybridized carbons (Fsp3) is 0. The molecule has 4 nitrogen and oxygen atoms in total. The number of thiophene rings is 1. The molecule has 3 heterocycles. The van der Waals surface area contributed by atoms with Crippen molar-refractivity contribution in [2.24, 2.45) is 0 Å². The van der Waals surface area contributed by atoms with Crippen LogP contribution in [0.25, 0.3) is 17.3 Å². The maximum Gasteiger partial charge on any atom is 0.250 e. The van der Waals surface area contributed by atoms with E-state index >= 15 is 0 Å². The Bertz CT molecular complexity index is 748. The van der Waals surface area contributed by atoms with Crippen LogP contribution in [-0.4, -0.2) is 15.9 Å². The minimum absolute atomic E-state index is 0.185. The quantitative estimate of drug-likeness (QED) is 0.743. The Kier molecular flexibility index (Phi) is 4.18. The van der Waals surface area contributed by atoms with Crippen molar-refractivity contribution in [3.8, 4) is 11.3 Å². The molecule has 104 valence electrons. The number of rotatable bonds is 4. The molecule has 0 spiro atoms. The van der Waals surface area contributed by atoms with Crippen LogP contribution in [0.15, 0.2) is 53.5 Å². The van der Waals surface area contributed by atoms with E-state index in [4.69, 9.17) is 0 Å². The van der Waals surface area contributed by atoms with E-state index in [0.717, 1.165) is 16.1 Å². The average Bonchev–Trinajstić information content (AvgIpc) is 3.17. The van der Waals surface area contributed by atoms with Crippen molar-refractivity contribution in [3.05, 3.63) is 58.4 Å². The molecule has 0 radical (unpaired) electrons. The van der Waals surface area contributed by atoms with Gasteiger partial charge >= 0.3 is 0 Å². The van der Waals surface area contributed by atoms with Crippen LogP contribution in [0.5, 0.6) is 0 Å². The standard InChI is InChI=1S/C15H11N3OS2/c19-14(6-5-12-4-2-8-20-12)18-15-17-13(10-21-15)11-3-1-7-16-9-11/h1-10H,(H,17,18,19). The molecule has 1 N–H and O–H groups in total. The molecule has 0 atom stereocenters. The highest BCUT2D eigenvalue weighted by Gasteiger charge is 2.06. The number of carbonyl (C=O) groups is 1. The summed E-state index contributed by atoms with van der Waals surface area (Å²) in [5, 5.41) is 7.21. The maximum atomic E-state index is 11.8. The second-order valence-corrected chi connectivity index (χ2v) is 5.95. The largest absolute Gasteiger partial charge is 0.298 e. The fourth-order valence-electron chi connectivity index (χ4n) is 1.67. The molecule has 21 heavy (non-hydrogen) atoms. The van der Waals surface area contributed by atoms with Crippen molar-refractivity contribution in [1.29, 1.82) is 0 Å². The number of hydrogen-bond donors (Lipinski definition) is 1.